The maximum absolute atomic E-state index is 11.8. The molecule has 5 N–H and O–H groups in total. The van der Waals surface area contributed by atoms with Crippen LogP contribution < -0.4 is 16.8 Å². The smallest absolute Gasteiger partial charge is 0.234 e. The fourth-order valence-corrected chi connectivity index (χ4v) is 2.20. The molecular formula is C17H27N3O2. The summed E-state index contributed by atoms with van der Waals surface area (Å²) in [6.45, 7) is 3.97. The summed E-state index contributed by atoms with van der Waals surface area (Å²) in [7, 11) is 0. The highest BCUT2D eigenvalue weighted by atomic mass is 16.2. The van der Waals surface area contributed by atoms with Crippen LogP contribution in [-0.4, -0.2) is 23.9 Å². The molecule has 0 aromatic heterocycles. The molecule has 2 unspecified atom stereocenters. The number of aryl methyl sites for hydroxylation is 2. The third-order valence-corrected chi connectivity index (χ3v) is 3.67. The van der Waals surface area contributed by atoms with E-state index in [-0.39, 0.29) is 11.9 Å². The third-order valence-electron chi connectivity index (χ3n) is 3.67. The molecule has 0 spiro atoms. The van der Waals surface area contributed by atoms with Crippen molar-refractivity contribution in [3.05, 3.63) is 35.4 Å². The average Bonchev–Trinajstić information content (AvgIpc) is 2.46. The first-order chi connectivity index (χ1) is 10.4. The van der Waals surface area contributed by atoms with Crippen LogP contribution in [0.3, 0.4) is 0 Å². The molecule has 0 fully saturated rings. The fraction of sp³-hybridized carbons (Fsp3) is 0.529. The Balaban J connectivity index is 2.19. The number of hydrogen-bond acceptors (Lipinski definition) is 3. The highest BCUT2D eigenvalue weighted by molar-refractivity contribution is 5.79. The molecule has 0 aliphatic rings. The minimum Gasteiger partial charge on any atom is -0.368 e. The Labute approximate surface area is 132 Å². The number of nitrogens with one attached hydrogen (secondary N) is 1. The number of nitrogens with two attached hydrogens (primary N) is 2. The second-order valence-electron chi connectivity index (χ2n) is 5.89. The third kappa shape index (κ3) is 7.22. The van der Waals surface area contributed by atoms with E-state index < -0.39 is 11.9 Å². The van der Waals surface area contributed by atoms with Crippen LogP contribution >= 0.6 is 0 Å². The zero-order valence-corrected chi connectivity index (χ0v) is 13.5. The molecule has 2 amide bonds. The molecule has 1 rings (SSSR count). The van der Waals surface area contributed by atoms with Gasteiger partial charge in [-0.2, -0.15) is 0 Å². The van der Waals surface area contributed by atoms with Gasteiger partial charge >= 0.3 is 0 Å². The Kier molecular flexibility index (Phi) is 7.60. The second-order valence-corrected chi connectivity index (χ2v) is 5.89. The van der Waals surface area contributed by atoms with Crippen molar-refractivity contribution in [2.24, 2.45) is 11.5 Å². The van der Waals surface area contributed by atoms with Gasteiger partial charge in [-0.3, -0.25) is 9.59 Å². The van der Waals surface area contributed by atoms with Gasteiger partial charge in [0.2, 0.25) is 11.8 Å². The molecule has 0 bridgehead atoms. The minimum atomic E-state index is -0.638. The first-order valence-corrected chi connectivity index (χ1v) is 7.78. The molecule has 5 nitrogen and oxygen atoms in total. The maximum Gasteiger partial charge on any atom is 0.234 e. The lowest BCUT2D eigenvalue weighted by Gasteiger charge is -2.15. The van der Waals surface area contributed by atoms with E-state index in [9.17, 15) is 9.59 Å². The van der Waals surface area contributed by atoms with Crippen molar-refractivity contribution in [3.8, 4) is 0 Å². The number of rotatable bonds is 9. The molecule has 1 aromatic rings. The second kappa shape index (κ2) is 9.20. The quantitative estimate of drug-likeness (QED) is 0.643. The summed E-state index contributed by atoms with van der Waals surface area (Å²) < 4.78 is 0. The van der Waals surface area contributed by atoms with E-state index in [1.807, 2.05) is 6.92 Å². The predicted octanol–water partition coefficient (Wildman–Crippen LogP) is 1.42. The van der Waals surface area contributed by atoms with Crippen LogP contribution in [0.5, 0.6) is 0 Å². The van der Waals surface area contributed by atoms with Crippen molar-refractivity contribution in [2.75, 3.05) is 0 Å². The lowest BCUT2D eigenvalue weighted by atomic mass is 10.1. The summed E-state index contributed by atoms with van der Waals surface area (Å²) in [4.78, 5) is 22.7. The van der Waals surface area contributed by atoms with Crippen molar-refractivity contribution in [2.45, 2.75) is 58.0 Å². The molecule has 0 aliphatic heterocycles. The predicted molar refractivity (Wildman–Crippen MR) is 88.1 cm³/mol. The SMILES string of the molecule is Cc1ccc(CCCC(=O)NC(C)CCC(N)C(N)=O)cc1. The maximum atomic E-state index is 11.8. The largest absolute Gasteiger partial charge is 0.368 e. The van der Waals surface area contributed by atoms with Crippen molar-refractivity contribution in [3.63, 3.8) is 0 Å². The molecule has 1 aromatic carbocycles. The molecule has 0 aliphatic carbocycles. The van der Waals surface area contributed by atoms with Gasteiger partial charge in [-0.1, -0.05) is 29.8 Å². The Morgan fingerprint density at radius 3 is 2.41 bits per heavy atom. The summed E-state index contributed by atoms with van der Waals surface area (Å²) in [6.07, 6.45) is 3.35. The highest BCUT2D eigenvalue weighted by Crippen LogP contribution is 2.07. The van der Waals surface area contributed by atoms with Gasteiger partial charge < -0.3 is 16.8 Å². The van der Waals surface area contributed by atoms with Gasteiger partial charge in [0.1, 0.15) is 0 Å². The molecular weight excluding hydrogens is 278 g/mol. The van der Waals surface area contributed by atoms with E-state index in [1.165, 1.54) is 11.1 Å². The highest BCUT2D eigenvalue weighted by Gasteiger charge is 2.12. The summed E-state index contributed by atoms with van der Waals surface area (Å²) in [5.74, 6) is -0.469. The van der Waals surface area contributed by atoms with E-state index in [0.717, 1.165) is 12.8 Å². The lowest BCUT2D eigenvalue weighted by molar-refractivity contribution is -0.121. The normalized spacial score (nSPS) is 13.4. The van der Waals surface area contributed by atoms with Crippen LogP contribution in [0, 0.1) is 6.92 Å². The average molecular weight is 305 g/mol. The molecule has 2 atom stereocenters. The fourth-order valence-electron chi connectivity index (χ4n) is 2.20. The number of carbonyl (C=O) groups is 2. The molecule has 22 heavy (non-hydrogen) atoms. The standard InChI is InChI=1S/C17H27N3O2/c1-12-6-9-14(10-7-12)4-3-5-16(21)20-13(2)8-11-15(18)17(19)22/h6-7,9-10,13,15H,3-5,8,11,18H2,1-2H3,(H2,19,22)(H,20,21). The van der Waals surface area contributed by atoms with E-state index in [4.69, 9.17) is 11.5 Å². The van der Waals surface area contributed by atoms with Crippen LogP contribution in [0.4, 0.5) is 0 Å². The number of amides is 2. The van der Waals surface area contributed by atoms with Gasteiger partial charge in [-0.15, -0.1) is 0 Å². The van der Waals surface area contributed by atoms with Crippen LogP contribution in [0.1, 0.15) is 43.7 Å². The number of carbonyl (C=O) groups excluding carboxylic acids is 2. The number of hydrogen-bond donors (Lipinski definition) is 3. The lowest BCUT2D eigenvalue weighted by Crippen LogP contribution is -2.39. The molecule has 0 saturated carbocycles. The summed E-state index contributed by atoms with van der Waals surface area (Å²) in [5.41, 5.74) is 13.2. The Morgan fingerprint density at radius 1 is 1.18 bits per heavy atom. The van der Waals surface area contributed by atoms with Gasteiger partial charge in [0, 0.05) is 12.5 Å². The van der Waals surface area contributed by atoms with Crippen molar-refractivity contribution in [1.29, 1.82) is 0 Å². The van der Waals surface area contributed by atoms with Crippen LogP contribution in [0.2, 0.25) is 0 Å². The number of primary amides is 1. The summed E-state index contributed by atoms with van der Waals surface area (Å²) in [6, 6.07) is 7.72. The Morgan fingerprint density at radius 2 is 1.82 bits per heavy atom. The van der Waals surface area contributed by atoms with Gasteiger partial charge in [0.25, 0.3) is 0 Å². The van der Waals surface area contributed by atoms with E-state index in [1.54, 1.807) is 0 Å². The number of benzene rings is 1. The zero-order valence-electron chi connectivity index (χ0n) is 13.5. The van der Waals surface area contributed by atoms with Crippen LogP contribution in [0.15, 0.2) is 24.3 Å². The topological polar surface area (TPSA) is 98.2 Å². The monoisotopic (exact) mass is 305 g/mol. The zero-order chi connectivity index (χ0) is 16.5. The minimum absolute atomic E-state index is 0.00252. The van der Waals surface area contributed by atoms with Gasteiger partial charge in [0.05, 0.1) is 6.04 Å². The first kappa shape index (κ1) is 18.2. The van der Waals surface area contributed by atoms with Crippen LogP contribution in [0.25, 0.3) is 0 Å². The van der Waals surface area contributed by atoms with Gasteiger partial charge in [-0.25, -0.2) is 0 Å². The van der Waals surface area contributed by atoms with Crippen molar-refractivity contribution in [1.82, 2.24) is 5.32 Å². The van der Waals surface area contributed by atoms with Crippen LogP contribution in [-0.2, 0) is 16.0 Å². The molecule has 122 valence electrons. The van der Waals surface area contributed by atoms with Crippen molar-refractivity contribution < 1.29 is 9.59 Å². The Bertz CT molecular complexity index is 485. The molecule has 5 heteroatoms. The van der Waals surface area contributed by atoms with E-state index >= 15 is 0 Å². The molecule has 0 saturated heterocycles. The molecule has 0 heterocycles. The van der Waals surface area contributed by atoms with Gasteiger partial charge in [-0.05, 0) is 45.1 Å². The Hall–Kier alpha value is -1.88. The van der Waals surface area contributed by atoms with Gasteiger partial charge in [0.15, 0.2) is 0 Å². The van der Waals surface area contributed by atoms with E-state index in [0.29, 0.717) is 19.3 Å². The molecule has 0 radical (unpaired) electrons. The van der Waals surface area contributed by atoms with Crippen molar-refractivity contribution >= 4 is 11.8 Å². The summed E-state index contributed by atoms with van der Waals surface area (Å²) >= 11 is 0. The van der Waals surface area contributed by atoms with E-state index in [2.05, 4.69) is 36.5 Å². The first-order valence-electron chi connectivity index (χ1n) is 7.78. The summed E-state index contributed by atoms with van der Waals surface area (Å²) in [5, 5.41) is 2.92.